The molecule has 16 heavy (non-hydrogen) atoms. The van der Waals surface area contributed by atoms with Gasteiger partial charge >= 0.3 is 0 Å². The minimum Gasteiger partial charge on any atom is -0.297 e. The summed E-state index contributed by atoms with van der Waals surface area (Å²) in [7, 11) is 2.03. The molecule has 0 aromatic carbocycles. The maximum atomic E-state index is 4.44. The average molecular weight is 286 g/mol. The Kier molecular flexibility index (Phi) is 4.03. The highest BCUT2D eigenvalue weighted by Crippen LogP contribution is 2.22. The van der Waals surface area contributed by atoms with Crippen molar-refractivity contribution in [3.63, 3.8) is 0 Å². The van der Waals surface area contributed by atoms with E-state index < -0.39 is 0 Å². The molecular weight excluding hydrogens is 266 g/mol. The van der Waals surface area contributed by atoms with Gasteiger partial charge in [0.05, 0.1) is 15.9 Å². The van der Waals surface area contributed by atoms with Gasteiger partial charge in [0.15, 0.2) is 0 Å². The number of nitrogens with zero attached hydrogens (tertiary/aromatic N) is 3. The first kappa shape index (κ1) is 12.1. The van der Waals surface area contributed by atoms with Gasteiger partial charge in [-0.25, -0.2) is 0 Å². The molecule has 1 aliphatic heterocycles. The van der Waals surface area contributed by atoms with Crippen LogP contribution in [0.4, 0.5) is 0 Å². The summed E-state index contributed by atoms with van der Waals surface area (Å²) >= 11 is 3.64. The first-order valence-electron chi connectivity index (χ1n) is 6.09. The molecule has 0 N–H and O–H groups in total. The Morgan fingerprint density at radius 1 is 1.19 bits per heavy atom. The summed E-state index contributed by atoms with van der Waals surface area (Å²) in [5.74, 6) is 0. The molecule has 90 valence electrons. The smallest absolute Gasteiger partial charge is 0.0739 e. The molecule has 2 heterocycles. The van der Waals surface area contributed by atoms with E-state index in [9.17, 15) is 0 Å². The van der Waals surface area contributed by atoms with Crippen LogP contribution in [0.1, 0.15) is 37.1 Å². The number of rotatable bonds is 2. The van der Waals surface area contributed by atoms with Crippen LogP contribution in [0.15, 0.2) is 4.47 Å². The summed E-state index contributed by atoms with van der Waals surface area (Å²) in [6.45, 7) is 5.54. The molecule has 0 amide bonds. The van der Waals surface area contributed by atoms with E-state index in [1.54, 1.807) is 0 Å². The molecule has 0 bridgehead atoms. The van der Waals surface area contributed by atoms with Gasteiger partial charge < -0.3 is 0 Å². The Hall–Kier alpha value is -0.350. The maximum Gasteiger partial charge on any atom is 0.0739 e. The third-order valence-electron chi connectivity index (χ3n) is 3.33. The van der Waals surface area contributed by atoms with E-state index in [4.69, 9.17) is 0 Å². The van der Waals surface area contributed by atoms with Gasteiger partial charge in [0.2, 0.25) is 0 Å². The zero-order valence-electron chi connectivity index (χ0n) is 10.2. The van der Waals surface area contributed by atoms with Crippen molar-refractivity contribution >= 4 is 15.9 Å². The molecule has 1 aromatic heterocycles. The van der Waals surface area contributed by atoms with Gasteiger partial charge in [-0.3, -0.25) is 9.58 Å². The summed E-state index contributed by atoms with van der Waals surface area (Å²) in [5, 5.41) is 4.44. The Morgan fingerprint density at radius 3 is 2.31 bits per heavy atom. The predicted octanol–water partition coefficient (Wildman–Crippen LogP) is 2.87. The van der Waals surface area contributed by atoms with Crippen LogP contribution in [0.2, 0.25) is 0 Å². The number of aromatic nitrogens is 2. The lowest BCUT2D eigenvalue weighted by Crippen LogP contribution is -2.25. The van der Waals surface area contributed by atoms with Crippen molar-refractivity contribution in [2.75, 3.05) is 13.1 Å². The van der Waals surface area contributed by atoms with Gasteiger partial charge in [-0.15, -0.1) is 0 Å². The van der Waals surface area contributed by atoms with E-state index in [-0.39, 0.29) is 0 Å². The van der Waals surface area contributed by atoms with E-state index in [1.165, 1.54) is 48.9 Å². The minimum absolute atomic E-state index is 1.03. The first-order valence-corrected chi connectivity index (χ1v) is 6.88. The van der Waals surface area contributed by atoms with E-state index in [0.717, 1.165) is 12.2 Å². The Bertz CT molecular complexity index is 351. The zero-order valence-corrected chi connectivity index (χ0v) is 11.8. The number of likely N-dealkylation sites (tertiary alicyclic amines) is 1. The van der Waals surface area contributed by atoms with Crippen LogP contribution >= 0.6 is 15.9 Å². The van der Waals surface area contributed by atoms with Crippen LogP contribution < -0.4 is 0 Å². The quantitative estimate of drug-likeness (QED) is 0.833. The number of halogens is 1. The van der Waals surface area contributed by atoms with Gasteiger partial charge in [0.1, 0.15) is 0 Å². The predicted molar refractivity (Wildman–Crippen MR) is 69.4 cm³/mol. The van der Waals surface area contributed by atoms with Crippen molar-refractivity contribution in [3.8, 4) is 0 Å². The second-order valence-electron chi connectivity index (χ2n) is 4.66. The topological polar surface area (TPSA) is 21.1 Å². The molecular formula is C12H20BrN3. The summed E-state index contributed by atoms with van der Waals surface area (Å²) in [6.07, 6.45) is 5.47. The molecule has 4 heteroatoms. The average Bonchev–Trinajstić information content (AvgIpc) is 2.51. The molecule has 1 fully saturated rings. The lowest BCUT2D eigenvalue weighted by atomic mass is 10.2. The van der Waals surface area contributed by atoms with Crippen LogP contribution in [0.25, 0.3) is 0 Å². The first-order chi connectivity index (χ1) is 7.68. The number of aryl methyl sites for hydroxylation is 2. The van der Waals surface area contributed by atoms with Crippen molar-refractivity contribution in [2.45, 2.75) is 39.2 Å². The molecule has 0 aliphatic carbocycles. The fraction of sp³-hybridized carbons (Fsp3) is 0.750. The molecule has 1 aliphatic rings. The van der Waals surface area contributed by atoms with Gasteiger partial charge in [-0.05, 0) is 48.8 Å². The number of hydrogen-bond acceptors (Lipinski definition) is 2. The Labute approximate surface area is 106 Å². The standard InChI is InChI=1S/C12H20BrN3/c1-10-12(13)11(15(2)14-10)9-16-7-5-3-4-6-8-16/h3-9H2,1-2H3. The molecule has 0 radical (unpaired) electrons. The normalized spacial score (nSPS) is 18.7. The molecule has 1 saturated heterocycles. The largest absolute Gasteiger partial charge is 0.297 e. The summed E-state index contributed by atoms with van der Waals surface area (Å²) in [5.41, 5.74) is 2.40. The second-order valence-corrected chi connectivity index (χ2v) is 5.45. The van der Waals surface area contributed by atoms with Crippen LogP contribution in [0, 0.1) is 6.92 Å². The molecule has 2 rings (SSSR count). The summed E-state index contributed by atoms with van der Waals surface area (Å²) in [6, 6.07) is 0. The third kappa shape index (κ3) is 2.66. The van der Waals surface area contributed by atoms with Crippen LogP contribution in [0.3, 0.4) is 0 Å². The van der Waals surface area contributed by atoms with Crippen molar-refractivity contribution in [3.05, 3.63) is 15.9 Å². The van der Waals surface area contributed by atoms with Crippen LogP contribution in [0.5, 0.6) is 0 Å². The highest BCUT2D eigenvalue weighted by molar-refractivity contribution is 9.10. The second kappa shape index (κ2) is 5.32. The Morgan fingerprint density at radius 2 is 1.81 bits per heavy atom. The zero-order chi connectivity index (χ0) is 11.5. The fourth-order valence-electron chi connectivity index (χ4n) is 2.36. The van der Waals surface area contributed by atoms with Crippen LogP contribution in [-0.2, 0) is 13.6 Å². The third-order valence-corrected chi connectivity index (χ3v) is 4.37. The van der Waals surface area contributed by atoms with Crippen LogP contribution in [-0.4, -0.2) is 27.8 Å². The van der Waals surface area contributed by atoms with Crippen molar-refractivity contribution in [1.29, 1.82) is 0 Å². The van der Waals surface area contributed by atoms with E-state index in [1.807, 2.05) is 11.7 Å². The van der Waals surface area contributed by atoms with E-state index in [2.05, 4.69) is 32.9 Å². The molecule has 1 aromatic rings. The Balaban J connectivity index is 2.07. The summed E-state index contributed by atoms with van der Waals surface area (Å²) in [4.78, 5) is 2.55. The van der Waals surface area contributed by atoms with Crippen molar-refractivity contribution < 1.29 is 0 Å². The van der Waals surface area contributed by atoms with E-state index in [0.29, 0.717) is 0 Å². The molecule has 0 unspecified atom stereocenters. The van der Waals surface area contributed by atoms with Gasteiger partial charge in [-0.1, -0.05) is 12.8 Å². The fourth-order valence-corrected chi connectivity index (χ4v) is 2.82. The van der Waals surface area contributed by atoms with Crippen molar-refractivity contribution in [2.24, 2.45) is 7.05 Å². The monoisotopic (exact) mass is 285 g/mol. The minimum atomic E-state index is 1.03. The lowest BCUT2D eigenvalue weighted by Gasteiger charge is -2.19. The van der Waals surface area contributed by atoms with E-state index >= 15 is 0 Å². The summed E-state index contributed by atoms with van der Waals surface area (Å²) < 4.78 is 3.18. The SMILES string of the molecule is Cc1nn(C)c(CN2CCCCCC2)c1Br. The van der Waals surface area contributed by atoms with Gasteiger partial charge in [0.25, 0.3) is 0 Å². The highest BCUT2D eigenvalue weighted by Gasteiger charge is 2.15. The van der Waals surface area contributed by atoms with Gasteiger partial charge in [-0.2, -0.15) is 5.10 Å². The lowest BCUT2D eigenvalue weighted by molar-refractivity contribution is 0.269. The molecule has 0 atom stereocenters. The highest BCUT2D eigenvalue weighted by atomic mass is 79.9. The maximum absolute atomic E-state index is 4.44. The number of hydrogen-bond donors (Lipinski definition) is 0. The van der Waals surface area contributed by atoms with Gasteiger partial charge in [0, 0.05) is 13.6 Å². The molecule has 0 saturated carbocycles. The van der Waals surface area contributed by atoms with Crippen molar-refractivity contribution in [1.82, 2.24) is 14.7 Å². The molecule has 3 nitrogen and oxygen atoms in total. The molecule has 0 spiro atoms.